The van der Waals surface area contributed by atoms with Gasteiger partial charge in [-0.1, -0.05) is 6.92 Å². The van der Waals surface area contributed by atoms with Gasteiger partial charge in [-0.15, -0.1) is 0 Å². The second-order valence-corrected chi connectivity index (χ2v) is 9.46. The molecule has 1 N–H and O–H groups in total. The highest BCUT2D eigenvalue weighted by molar-refractivity contribution is 5.97. The molecule has 170 valence electrons. The van der Waals surface area contributed by atoms with Crippen LogP contribution in [0, 0.1) is 16.7 Å². The van der Waals surface area contributed by atoms with Crippen molar-refractivity contribution in [1.82, 2.24) is 9.47 Å². The van der Waals surface area contributed by atoms with Crippen molar-refractivity contribution in [2.45, 2.75) is 38.6 Å². The summed E-state index contributed by atoms with van der Waals surface area (Å²) in [6.07, 6.45) is 4.93. The van der Waals surface area contributed by atoms with E-state index in [2.05, 4.69) is 29.8 Å². The monoisotopic (exact) mass is 438 g/mol. The Morgan fingerprint density at radius 3 is 2.78 bits per heavy atom. The number of carbonyl (C=O) groups is 1. The van der Waals surface area contributed by atoms with Gasteiger partial charge < -0.3 is 24.2 Å². The Labute approximate surface area is 187 Å². The first-order valence-corrected chi connectivity index (χ1v) is 11.1. The average Bonchev–Trinajstić information content (AvgIpc) is 3.53. The van der Waals surface area contributed by atoms with E-state index in [-0.39, 0.29) is 17.0 Å². The normalized spacial score (nSPS) is 20.7. The molecule has 2 aliphatic rings. The quantitative estimate of drug-likeness (QED) is 0.676. The molecule has 1 saturated carbocycles. The van der Waals surface area contributed by atoms with Gasteiger partial charge in [-0.3, -0.25) is 4.79 Å². The van der Waals surface area contributed by atoms with Crippen LogP contribution in [0.25, 0.3) is 10.9 Å². The second kappa shape index (κ2) is 8.47. The lowest BCUT2D eigenvalue weighted by Gasteiger charge is -2.30. The number of anilines is 1. The topological polar surface area (TPSA) is 98.8 Å². The van der Waals surface area contributed by atoms with Crippen molar-refractivity contribution < 1.29 is 14.6 Å². The molecule has 0 spiro atoms. The van der Waals surface area contributed by atoms with E-state index in [1.54, 1.807) is 13.2 Å². The van der Waals surface area contributed by atoms with E-state index in [0.717, 1.165) is 51.1 Å². The van der Waals surface area contributed by atoms with Crippen LogP contribution in [-0.4, -0.2) is 60.9 Å². The maximum Gasteiger partial charge on any atom is 0.341 e. The summed E-state index contributed by atoms with van der Waals surface area (Å²) in [5, 5.41) is 18.8. The summed E-state index contributed by atoms with van der Waals surface area (Å²) in [4.78, 5) is 29.0. The van der Waals surface area contributed by atoms with Crippen LogP contribution in [0.2, 0.25) is 0 Å². The van der Waals surface area contributed by atoms with Gasteiger partial charge in [0, 0.05) is 44.8 Å². The molecule has 2 aromatic rings. The number of pyridine rings is 1. The lowest BCUT2D eigenvalue weighted by atomic mass is 9.89. The van der Waals surface area contributed by atoms with Crippen molar-refractivity contribution in [3.05, 3.63) is 34.1 Å². The van der Waals surface area contributed by atoms with Gasteiger partial charge in [0.2, 0.25) is 5.43 Å². The third-order valence-electron chi connectivity index (χ3n) is 6.66. The highest BCUT2D eigenvalue weighted by Gasteiger charge is 2.37. The van der Waals surface area contributed by atoms with Crippen LogP contribution in [0.4, 0.5) is 5.69 Å². The summed E-state index contributed by atoms with van der Waals surface area (Å²) < 4.78 is 7.78. The lowest BCUT2D eigenvalue weighted by molar-refractivity contribution is 0.0695. The van der Waals surface area contributed by atoms with Gasteiger partial charge in [0.15, 0.2) is 5.75 Å². The van der Waals surface area contributed by atoms with Crippen molar-refractivity contribution in [1.29, 1.82) is 5.26 Å². The molecular formula is C24H30N4O4. The molecule has 1 aromatic carbocycles. The van der Waals surface area contributed by atoms with Gasteiger partial charge in [-0.25, -0.2) is 4.79 Å². The Bertz CT molecular complexity index is 1150. The zero-order valence-electron chi connectivity index (χ0n) is 18.9. The minimum Gasteiger partial charge on any atom is -0.492 e. The lowest BCUT2D eigenvalue weighted by Crippen LogP contribution is -2.36. The molecule has 8 heteroatoms. The zero-order chi connectivity index (χ0) is 23.0. The molecule has 1 aromatic heterocycles. The van der Waals surface area contributed by atoms with Crippen molar-refractivity contribution >= 4 is 22.6 Å². The molecule has 2 fully saturated rings. The predicted octanol–water partition coefficient (Wildman–Crippen LogP) is 3.11. The number of nitrogens with zero attached hydrogens (tertiary/aromatic N) is 4. The molecule has 0 bridgehead atoms. The fraction of sp³-hybridized carbons (Fsp3) is 0.542. The largest absolute Gasteiger partial charge is 0.492 e. The summed E-state index contributed by atoms with van der Waals surface area (Å²) in [6, 6.07) is 6.03. The minimum absolute atomic E-state index is 0.0769. The number of aromatic carboxylic acids is 1. The standard InChI is InChI=1S/C24H30N4O4/c1-24(14-26(2)11-4-10-25)9-12-27(15-24)19-8-7-17-20(22(19)32-3)28(16-5-6-16)13-18(21(17)29)23(30)31/h7-8,13,16H,4-6,9,11-12,14-15H2,1-3H3,(H,30,31). The summed E-state index contributed by atoms with van der Waals surface area (Å²) in [7, 11) is 3.66. The first kappa shape index (κ1) is 22.2. The van der Waals surface area contributed by atoms with Gasteiger partial charge >= 0.3 is 5.97 Å². The number of rotatable bonds is 8. The zero-order valence-corrected chi connectivity index (χ0v) is 18.9. The summed E-state index contributed by atoms with van der Waals surface area (Å²) >= 11 is 0. The molecule has 8 nitrogen and oxygen atoms in total. The fourth-order valence-electron chi connectivity index (χ4n) is 4.98. The molecule has 1 saturated heterocycles. The van der Waals surface area contributed by atoms with Crippen LogP contribution >= 0.6 is 0 Å². The van der Waals surface area contributed by atoms with Crippen LogP contribution in [0.5, 0.6) is 5.75 Å². The Balaban J connectivity index is 1.73. The van der Waals surface area contributed by atoms with Crippen molar-refractivity contribution in [3.63, 3.8) is 0 Å². The van der Waals surface area contributed by atoms with Crippen LogP contribution in [0.15, 0.2) is 23.1 Å². The van der Waals surface area contributed by atoms with Crippen molar-refractivity contribution in [2.75, 3.05) is 45.2 Å². The molecule has 0 amide bonds. The average molecular weight is 439 g/mol. The fourth-order valence-corrected chi connectivity index (χ4v) is 4.98. The van der Waals surface area contributed by atoms with Crippen LogP contribution in [0.1, 0.15) is 49.0 Å². The maximum atomic E-state index is 12.9. The number of nitriles is 1. The van der Waals surface area contributed by atoms with E-state index in [0.29, 0.717) is 23.1 Å². The summed E-state index contributed by atoms with van der Waals surface area (Å²) in [5.74, 6) is -0.573. The van der Waals surface area contributed by atoms with Gasteiger partial charge in [-0.2, -0.15) is 5.26 Å². The van der Waals surface area contributed by atoms with Crippen LogP contribution in [-0.2, 0) is 0 Å². The van der Waals surface area contributed by atoms with Crippen molar-refractivity contribution in [2.24, 2.45) is 5.41 Å². The molecule has 32 heavy (non-hydrogen) atoms. The number of aromatic nitrogens is 1. The molecule has 1 unspecified atom stereocenters. The molecule has 0 radical (unpaired) electrons. The third-order valence-corrected chi connectivity index (χ3v) is 6.66. The van der Waals surface area contributed by atoms with Gasteiger partial charge in [-0.05, 0) is 43.9 Å². The van der Waals surface area contributed by atoms with Crippen LogP contribution in [0.3, 0.4) is 0 Å². The number of benzene rings is 1. The number of fused-ring (bicyclic) bond motifs is 1. The molecular weight excluding hydrogens is 408 g/mol. The number of ether oxygens (including phenoxy) is 1. The smallest absolute Gasteiger partial charge is 0.341 e. The van der Waals surface area contributed by atoms with E-state index in [4.69, 9.17) is 10.00 Å². The van der Waals surface area contributed by atoms with Gasteiger partial charge in [0.25, 0.3) is 0 Å². The number of hydrogen-bond acceptors (Lipinski definition) is 6. The first-order chi connectivity index (χ1) is 15.3. The highest BCUT2D eigenvalue weighted by atomic mass is 16.5. The molecule has 1 aliphatic heterocycles. The van der Waals surface area contributed by atoms with Gasteiger partial charge in [0.05, 0.1) is 29.8 Å². The highest BCUT2D eigenvalue weighted by Crippen LogP contribution is 2.44. The number of hydrogen-bond donors (Lipinski definition) is 1. The number of methoxy groups -OCH3 is 1. The minimum atomic E-state index is -1.20. The maximum absolute atomic E-state index is 12.9. The second-order valence-electron chi connectivity index (χ2n) is 9.46. The van der Waals surface area contributed by atoms with E-state index in [1.165, 1.54) is 6.20 Å². The Morgan fingerprint density at radius 2 is 2.16 bits per heavy atom. The summed E-state index contributed by atoms with van der Waals surface area (Å²) in [5.41, 5.74) is 1.02. The van der Waals surface area contributed by atoms with Crippen molar-refractivity contribution in [3.8, 4) is 11.8 Å². The van der Waals surface area contributed by atoms with E-state index >= 15 is 0 Å². The predicted molar refractivity (Wildman–Crippen MR) is 123 cm³/mol. The molecule has 4 rings (SSSR count). The number of carboxylic acid groups (broad SMARTS) is 1. The molecule has 2 heterocycles. The van der Waals surface area contributed by atoms with Crippen LogP contribution < -0.4 is 15.1 Å². The first-order valence-electron chi connectivity index (χ1n) is 11.1. The van der Waals surface area contributed by atoms with E-state index in [1.807, 2.05) is 10.6 Å². The Hall–Kier alpha value is -3.05. The van der Waals surface area contributed by atoms with Gasteiger partial charge in [0.1, 0.15) is 5.56 Å². The summed E-state index contributed by atoms with van der Waals surface area (Å²) in [6.45, 7) is 5.63. The third kappa shape index (κ3) is 4.05. The Kier molecular flexibility index (Phi) is 5.87. The SMILES string of the molecule is COc1c(N2CCC(C)(CN(C)CCC#N)C2)ccc2c(=O)c(C(=O)O)cn(C3CC3)c12. The molecule has 1 aliphatic carbocycles. The Morgan fingerprint density at radius 1 is 1.41 bits per heavy atom. The van der Waals surface area contributed by atoms with E-state index in [9.17, 15) is 14.7 Å². The molecule has 1 atom stereocenters. The van der Waals surface area contributed by atoms with E-state index < -0.39 is 11.4 Å². The number of carboxylic acids is 1.